The second-order valence-electron chi connectivity index (χ2n) is 5.24. The van der Waals surface area contributed by atoms with E-state index in [1.54, 1.807) is 6.92 Å². The van der Waals surface area contributed by atoms with Crippen LogP contribution in [0, 0.1) is 5.92 Å². The number of amides is 1. The van der Waals surface area contributed by atoms with Crippen molar-refractivity contribution in [2.75, 3.05) is 6.61 Å². The lowest BCUT2D eigenvalue weighted by atomic mass is 10.1. The van der Waals surface area contributed by atoms with E-state index in [0.717, 1.165) is 19.3 Å². The molecule has 1 amide bonds. The number of unbranched alkanes of at least 4 members (excludes halogenated alkanes) is 1. The maximum Gasteiger partial charge on any atom is 0.326 e. The van der Waals surface area contributed by atoms with Gasteiger partial charge in [-0.05, 0) is 25.7 Å². The second kappa shape index (κ2) is 9.78. The van der Waals surface area contributed by atoms with Crippen LogP contribution >= 0.6 is 0 Å². The van der Waals surface area contributed by atoms with Gasteiger partial charge in [0.05, 0.1) is 0 Å². The molecule has 0 rings (SSSR count). The van der Waals surface area contributed by atoms with E-state index in [1.165, 1.54) is 0 Å². The normalized spacial score (nSPS) is 14.2. The summed E-state index contributed by atoms with van der Waals surface area (Å²) in [6.07, 6.45) is 2.41. The van der Waals surface area contributed by atoms with E-state index in [1.807, 2.05) is 6.92 Å². The zero-order chi connectivity index (χ0) is 14.8. The molecule has 112 valence electrons. The average Bonchev–Trinajstić information content (AvgIpc) is 2.33. The molecule has 19 heavy (non-hydrogen) atoms. The highest BCUT2D eigenvalue weighted by Crippen LogP contribution is 2.04. The fourth-order valence-corrected chi connectivity index (χ4v) is 1.51. The molecule has 5 heteroatoms. The number of ether oxygens (including phenoxy) is 1. The van der Waals surface area contributed by atoms with Crippen LogP contribution in [0.1, 0.15) is 53.4 Å². The highest BCUT2D eigenvalue weighted by molar-refractivity contribution is 5.86. The number of rotatable bonds is 10. The van der Waals surface area contributed by atoms with Crippen LogP contribution in [0.4, 0.5) is 0 Å². The minimum atomic E-state index is -0.990. The summed E-state index contributed by atoms with van der Waals surface area (Å²) in [6.45, 7) is 8.31. The predicted molar refractivity (Wildman–Crippen MR) is 74.0 cm³/mol. The Morgan fingerprint density at radius 3 is 2.32 bits per heavy atom. The summed E-state index contributed by atoms with van der Waals surface area (Å²) in [5.41, 5.74) is 0. The molecule has 2 unspecified atom stereocenters. The molecule has 0 bridgehead atoms. The van der Waals surface area contributed by atoms with Crippen molar-refractivity contribution in [1.82, 2.24) is 5.32 Å². The maximum absolute atomic E-state index is 11.8. The molecule has 0 saturated carbocycles. The minimum Gasteiger partial charge on any atom is -0.480 e. The van der Waals surface area contributed by atoms with Crippen LogP contribution in [0.25, 0.3) is 0 Å². The highest BCUT2D eigenvalue weighted by atomic mass is 16.5. The fraction of sp³-hybridized carbons (Fsp3) is 0.857. The van der Waals surface area contributed by atoms with Crippen molar-refractivity contribution in [2.24, 2.45) is 5.92 Å². The lowest BCUT2D eigenvalue weighted by molar-refractivity contribution is -0.144. The molecule has 0 aromatic heterocycles. The van der Waals surface area contributed by atoms with Gasteiger partial charge in [-0.3, -0.25) is 4.79 Å². The van der Waals surface area contributed by atoms with Crippen molar-refractivity contribution >= 4 is 11.9 Å². The molecule has 0 aliphatic rings. The topological polar surface area (TPSA) is 75.6 Å². The first-order valence-corrected chi connectivity index (χ1v) is 7.03. The SMILES string of the molecule is CCCCC(NC(=O)C(C)OCCC(C)C)C(=O)O. The van der Waals surface area contributed by atoms with Gasteiger partial charge >= 0.3 is 5.97 Å². The first-order chi connectivity index (χ1) is 8.88. The summed E-state index contributed by atoms with van der Waals surface area (Å²) in [7, 11) is 0. The Morgan fingerprint density at radius 1 is 1.21 bits per heavy atom. The highest BCUT2D eigenvalue weighted by Gasteiger charge is 2.22. The van der Waals surface area contributed by atoms with Gasteiger partial charge in [0.15, 0.2) is 0 Å². The summed E-state index contributed by atoms with van der Waals surface area (Å²) in [6, 6.07) is -0.816. The number of hydrogen-bond donors (Lipinski definition) is 2. The molecular formula is C14H27NO4. The van der Waals surface area contributed by atoms with Crippen LogP contribution in [0.3, 0.4) is 0 Å². The summed E-state index contributed by atoms with van der Waals surface area (Å²) in [5.74, 6) is -0.824. The fourth-order valence-electron chi connectivity index (χ4n) is 1.51. The van der Waals surface area contributed by atoms with Gasteiger partial charge in [-0.25, -0.2) is 4.79 Å². The zero-order valence-corrected chi connectivity index (χ0v) is 12.4. The maximum atomic E-state index is 11.8. The van der Waals surface area contributed by atoms with Crippen LogP contribution in [0.15, 0.2) is 0 Å². The molecule has 0 heterocycles. The van der Waals surface area contributed by atoms with Crippen LogP contribution in [-0.2, 0) is 14.3 Å². The molecule has 0 aromatic carbocycles. The van der Waals surface area contributed by atoms with Crippen molar-refractivity contribution in [3.8, 4) is 0 Å². The molecule has 0 aromatic rings. The predicted octanol–water partition coefficient (Wildman–Crippen LogP) is 2.20. The summed E-state index contributed by atoms with van der Waals surface area (Å²) < 4.78 is 5.39. The Bertz CT molecular complexity index is 279. The lowest BCUT2D eigenvalue weighted by Gasteiger charge is -2.18. The lowest BCUT2D eigenvalue weighted by Crippen LogP contribution is -2.45. The van der Waals surface area contributed by atoms with Crippen LogP contribution in [0.5, 0.6) is 0 Å². The van der Waals surface area contributed by atoms with Gasteiger partial charge in [0.1, 0.15) is 12.1 Å². The van der Waals surface area contributed by atoms with Crippen molar-refractivity contribution < 1.29 is 19.4 Å². The van der Waals surface area contributed by atoms with Crippen molar-refractivity contribution in [2.45, 2.75) is 65.5 Å². The third-order valence-corrected chi connectivity index (χ3v) is 2.89. The van der Waals surface area contributed by atoms with Crippen LogP contribution in [-0.4, -0.2) is 35.7 Å². The quantitative estimate of drug-likeness (QED) is 0.640. The molecule has 0 spiro atoms. The van der Waals surface area contributed by atoms with Gasteiger partial charge in [0, 0.05) is 6.61 Å². The van der Waals surface area contributed by atoms with Crippen LogP contribution in [0.2, 0.25) is 0 Å². The van der Waals surface area contributed by atoms with E-state index in [-0.39, 0.29) is 5.91 Å². The Labute approximate surface area is 115 Å². The molecule has 0 fully saturated rings. The number of aliphatic carboxylic acids is 1. The van der Waals surface area contributed by atoms with Crippen LogP contribution < -0.4 is 5.32 Å². The summed E-state index contributed by atoms with van der Waals surface area (Å²) >= 11 is 0. The average molecular weight is 273 g/mol. The van der Waals surface area contributed by atoms with Gasteiger partial charge in [0.25, 0.3) is 0 Å². The molecule has 2 N–H and O–H groups in total. The third kappa shape index (κ3) is 8.59. The number of hydrogen-bond acceptors (Lipinski definition) is 3. The standard InChI is InChI=1S/C14H27NO4/c1-5-6-7-12(14(17)18)15-13(16)11(4)19-9-8-10(2)3/h10-12H,5-9H2,1-4H3,(H,15,16)(H,17,18). The van der Waals surface area contributed by atoms with Crippen molar-refractivity contribution in [3.63, 3.8) is 0 Å². The molecule has 5 nitrogen and oxygen atoms in total. The largest absolute Gasteiger partial charge is 0.480 e. The van der Waals surface area contributed by atoms with E-state index < -0.39 is 18.1 Å². The Hall–Kier alpha value is -1.10. The number of carboxylic acids is 1. The smallest absolute Gasteiger partial charge is 0.326 e. The molecule has 0 aliphatic carbocycles. The molecule has 0 saturated heterocycles. The van der Waals surface area contributed by atoms with Crippen molar-refractivity contribution in [1.29, 1.82) is 0 Å². The van der Waals surface area contributed by atoms with E-state index >= 15 is 0 Å². The number of carbonyl (C=O) groups is 2. The van der Waals surface area contributed by atoms with E-state index in [4.69, 9.17) is 9.84 Å². The molecule has 0 aliphatic heterocycles. The van der Waals surface area contributed by atoms with Crippen molar-refractivity contribution in [3.05, 3.63) is 0 Å². The number of carboxylic acid groups (broad SMARTS) is 1. The zero-order valence-electron chi connectivity index (χ0n) is 12.4. The Kier molecular flexibility index (Phi) is 9.21. The number of nitrogens with one attached hydrogen (secondary N) is 1. The molecular weight excluding hydrogens is 246 g/mol. The molecule has 2 atom stereocenters. The monoisotopic (exact) mass is 273 g/mol. The van der Waals surface area contributed by atoms with Gasteiger partial charge < -0.3 is 15.2 Å². The molecule has 0 radical (unpaired) electrons. The Balaban J connectivity index is 4.12. The van der Waals surface area contributed by atoms with E-state index in [9.17, 15) is 9.59 Å². The van der Waals surface area contributed by atoms with E-state index in [0.29, 0.717) is 18.9 Å². The minimum absolute atomic E-state index is 0.354. The van der Waals surface area contributed by atoms with Gasteiger partial charge in [0.2, 0.25) is 5.91 Å². The second-order valence-corrected chi connectivity index (χ2v) is 5.24. The summed E-state index contributed by atoms with van der Waals surface area (Å²) in [4.78, 5) is 22.8. The summed E-state index contributed by atoms with van der Waals surface area (Å²) in [5, 5.41) is 11.5. The third-order valence-electron chi connectivity index (χ3n) is 2.89. The van der Waals surface area contributed by atoms with E-state index in [2.05, 4.69) is 19.2 Å². The Morgan fingerprint density at radius 2 is 1.84 bits per heavy atom. The van der Waals surface area contributed by atoms with Gasteiger partial charge in [-0.15, -0.1) is 0 Å². The number of carbonyl (C=O) groups excluding carboxylic acids is 1. The van der Waals surface area contributed by atoms with Gasteiger partial charge in [-0.1, -0.05) is 33.6 Å². The van der Waals surface area contributed by atoms with Gasteiger partial charge in [-0.2, -0.15) is 0 Å². The first-order valence-electron chi connectivity index (χ1n) is 7.03. The first kappa shape index (κ1) is 17.9.